The van der Waals surface area contributed by atoms with Crippen LogP contribution in [0, 0.1) is 0 Å². The number of piperazine rings is 1. The summed E-state index contributed by atoms with van der Waals surface area (Å²) in [4.78, 5) is 36.8. The summed E-state index contributed by atoms with van der Waals surface area (Å²) in [5.74, 6) is 0.0938. The number of hydrogen-bond donors (Lipinski definition) is 2. The van der Waals surface area contributed by atoms with Gasteiger partial charge in [-0.05, 0) is 18.6 Å². The van der Waals surface area contributed by atoms with E-state index in [-0.39, 0.29) is 11.9 Å². The predicted octanol–water partition coefficient (Wildman–Crippen LogP) is 1.18. The van der Waals surface area contributed by atoms with Gasteiger partial charge in [-0.1, -0.05) is 6.92 Å². The standard InChI is InChI=1S/C17H22N6O2S/c1-2-13(16(25)21-17-20-6-11-26-17)22-7-9-23(10-8-22)15-12(14(18)24)4-3-5-19-15/h3-6,11,13H,2,7-10H2,1H3,(H2,18,24)(H,20,21,25)/t13-/m0/s1. The number of thiazole rings is 1. The fourth-order valence-corrected chi connectivity index (χ4v) is 3.70. The van der Waals surface area contributed by atoms with Crippen LogP contribution in [0.2, 0.25) is 0 Å². The van der Waals surface area contributed by atoms with Crippen molar-refractivity contribution in [3.63, 3.8) is 0 Å². The molecule has 138 valence electrons. The Balaban J connectivity index is 1.64. The van der Waals surface area contributed by atoms with Crippen molar-refractivity contribution in [3.8, 4) is 0 Å². The van der Waals surface area contributed by atoms with Crippen LogP contribution in [0.1, 0.15) is 23.7 Å². The number of nitrogens with one attached hydrogen (secondary N) is 1. The van der Waals surface area contributed by atoms with Gasteiger partial charge < -0.3 is 16.0 Å². The van der Waals surface area contributed by atoms with Gasteiger partial charge >= 0.3 is 0 Å². The fraction of sp³-hybridized carbons (Fsp3) is 0.412. The highest BCUT2D eigenvalue weighted by atomic mass is 32.1. The molecule has 0 saturated carbocycles. The van der Waals surface area contributed by atoms with E-state index in [0.717, 1.165) is 0 Å². The summed E-state index contributed by atoms with van der Waals surface area (Å²) < 4.78 is 0. The first-order valence-electron chi connectivity index (χ1n) is 8.54. The maximum atomic E-state index is 12.6. The van der Waals surface area contributed by atoms with E-state index in [1.54, 1.807) is 24.5 Å². The molecule has 26 heavy (non-hydrogen) atoms. The van der Waals surface area contributed by atoms with Gasteiger partial charge in [-0.3, -0.25) is 14.5 Å². The number of pyridine rings is 1. The smallest absolute Gasteiger partial charge is 0.252 e. The summed E-state index contributed by atoms with van der Waals surface area (Å²) in [5.41, 5.74) is 5.87. The molecule has 0 aliphatic carbocycles. The zero-order chi connectivity index (χ0) is 18.5. The largest absolute Gasteiger partial charge is 0.365 e. The van der Waals surface area contributed by atoms with E-state index in [1.807, 2.05) is 17.2 Å². The molecule has 8 nitrogen and oxygen atoms in total. The van der Waals surface area contributed by atoms with Crippen molar-refractivity contribution in [2.24, 2.45) is 5.73 Å². The minimum atomic E-state index is -0.482. The Bertz CT molecular complexity index is 758. The number of anilines is 2. The molecule has 0 radical (unpaired) electrons. The lowest BCUT2D eigenvalue weighted by molar-refractivity contribution is -0.121. The van der Waals surface area contributed by atoms with Gasteiger partial charge in [-0.25, -0.2) is 9.97 Å². The molecule has 0 spiro atoms. The molecule has 0 unspecified atom stereocenters. The molecule has 9 heteroatoms. The third-order valence-electron chi connectivity index (χ3n) is 4.46. The lowest BCUT2D eigenvalue weighted by Gasteiger charge is -2.39. The van der Waals surface area contributed by atoms with Gasteiger partial charge in [0.05, 0.1) is 11.6 Å². The number of carbonyl (C=O) groups excluding carboxylic acids is 2. The van der Waals surface area contributed by atoms with Crippen molar-refractivity contribution in [3.05, 3.63) is 35.5 Å². The van der Waals surface area contributed by atoms with Crippen LogP contribution in [0.3, 0.4) is 0 Å². The molecule has 2 aromatic rings. The fourth-order valence-electron chi connectivity index (χ4n) is 3.17. The maximum absolute atomic E-state index is 12.6. The molecule has 3 heterocycles. The Morgan fingerprint density at radius 1 is 1.27 bits per heavy atom. The highest BCUT2D eigenvalue weighted by Crippen LogP contribution is 2.20. The van der Waals surface area contributed by atoms with Crippen LogP contribution in [-0.4, -0.2) is 58.9 Å². The Morgan fingerprint density at radius 2 is 2.04 bits per heavy atom. The molecule has 2 aromatic heterocycles. The summed E-state index contributed by atoms with van der Waals surface area (Å²) in [6, 6.07) is 3.18. The van der Waals surface area contributed by atoms with Gasteiger partial charge in [0.2, 0.25) is 5.91 Å². The normalized spacial score (nSPS) is 16.3. The molecule has 3 rings (SSSR count). The van der Waals surface area contributed by atoms with E-state index in [2.05, 4.69) is 20.2 Å². The zero-order valence-corrected chi connectivity index (χ0v) is 15.4. The molecule has 1 aliphatic rings. The second kappa shape index (κ2) is 8.24. The highest BCUT2D eigenvalue weighted by molar-refractivity contribution is 7.13. The molecule has 0 bridgehead atoms. The number of aromatic nitrogens is 2. The minimum absolute atomic E-state index is 0.0356. The molecule has 3 N–H and O–H groups in total. The third-order valence-corrected chi connectivity index (χ3v) is 5.15. The quantitative estimate of drug-likeness (QED) is 0.787. The van der Waals surface area contributed by atoms with Gasteiger partial charge in [0, 0.05) is 44.0 Å². The summed E-state index contributed by atoms with van der Waals surface area (Å²) in [7, 11) is 0. The SMILES string of the molecule is CC[C@@H](C(=O)Nc1nccs1)N1CCN(c2ncccc2C(N)=O)CC1. The van der Waals surface area contributed by atoms with E-state index in [4.69, 9.17) is 5.73 Å². The van der Waals surface area contributed by atoms with Crippen molar-refractivity contribution >= 4 is 34.1 Å². The van der Waals surface area contributed by atoms with Crippen molar-refractivity contribution in [2.75, 3.05) is 36.4 Å². The molecule has 2 amide bonds. The first-order valence-corrected chi connectivity index (χ1v) is 9.42. The van der Waals surface area contributed by atoms with Gasteiger partial charge in [-0.2, -0.15) is 0 Å². The van der Waals surface area contributed by atoms with Crippen LogP contribution in [0.4, 0.5) is 10.9 Å². The van der Waals surface area contributed by atoms with Gasteiger partial charge in [0.1, 0.15) is 5.82 Å². The summed E-state index contributed by atoms with van der Waals surface area (Å²) in [6.45, 7) is 4.77. The molecule has 1 fully saturated rings. The summed E-state index contributed by atoms with van der Waals surface area (Å²) >= 11 is 1.41. The first kappa shape index (κ1) is 18.3. The number of hydrogen-bond acceptors (Lipinski definition) is 7. The zero-order valence-electron chi connectivity index (χ0n) is 14.6. The van der Waals surface area contributed by atoms with Crippen LogP contribution in [-0.2, 0) is 4.79 Å². The lowest BCUT2D eigenvalue weighted by atomic mass is 10.1. The third kappa shape index (κ3) is 4.00. The van der Waals surface area contributed by atoms with E-state index in [1.165, 1.54) is 11.3 Å². The van der Waals surface area contributed by atoms with Crippen LogP contribution >= 0.6 is 11.3 Å². The van der Waals surface area contributed by atoms with E-state index in [0.29, 0.717) is 49.1 Å². The van der Waals surface area contributed by atoms with Gasteiger partial charge in [0.25, 0.3) is 5.91 Å². The van der Waals surface area contributed by atoms with Crippen LogP contribution in [0.5, 0.6) is 0 Å². The predicted molar refractivity (Wildman–Crippen MR) is 101 cm³/mol. The van der Waals surface area contributed by atoms with Gasteiger partial charge in [0.15, 0.2) is 5.13 Å². The monoisotopic (exact) mass is 374 g/mol. The number of rotatable bonds is 6. The molecular formula is C17H22N6O2S. The van der Waals surface area contributed by atoms with Crippen molar-refractivity contribution < 1.29 is 9.59 Å². The number of primary amides is 1. The minimum Gasteiger partial charge on any atom is -0.365 e. The second-order valence-electron chi connectivity index (χ2n) is 6.01. The average molecular weight is 374 g/mol. The summed E-state index contributed by atoms with van der Waals surface area (Å²) in [6.07, 6.45) is 4.04. The lowest BCUT2D eigenvalue weighted by Crippen LogP contribution is -2.54. The van der Waals surface area contributed by atoms with Crippen LogP contribution in [0.25, 0.3) is 0 Å². The van der Waals surface area contributed by atoms with Crippen molar-refractivity contribution in [2.45, 2.75) is 19.4 Å². The first-order chi connectivity index (χ1) is 12.6. The average Bonchev–Trinajstić information content (AvgIpc) is 3.16. The molecule has 1 atom stereocenters. The van der Waals surface area contributed by atoms with Crippen LogP contribution < -0.4 is 16.0 Å². The molecule has 0 aromatic carbocycles. The molecule has 1 saturated heterocycles. The van der Waals surface area contributed by atoms with E-state index in [9.17, 15) is 9.59 Å². The molecular weight excluding hydrogens is 352 g/mol. The van der Waals surface area contributed by atoms with Crippen LogP contribution in [0.15, 0.2) is 29.9 Å². The van der Waals surface area contributed by atoms with Crippen molar-refractivity contribution in [1.82, 2.24) is 14.9 Å². The van der Waals surface area contributed by atoms with E-state index >= 15 is 0 Å². The topological polar surface area (TPSA) is 104 Å². The number of carbonyl (C=O) groups is 2. The number of amides is 2. The Labute approximate surface area is 156 Å². The molecule has 1 aliphatic heterocycles. The maximum Gasteiger partial charge on any atom is 0.252 e. The van der Waals surface area contributed by atoms with Crippen molar-refractivity contribution in [1.29, 1.82) is 0 Å². The highest BCUT2D eigenvalue weighted by Gasteiger charge is 2.29. The summed E-state index contributed by atoms with van der Waals surface area (Å²) in [5, 5.41) is 5.33. The van der Waals surface area contributed by atoms with Gasteiger partial charge in [-0.15, -0.1) is 11.3 Å². The Morgan fingerprint density at radius 3 is 2.65 bits per heavy atom. The van der Waals surface area contributed by atoms with E-state index < -0.39 is 5.91 Å². The number of nitrogens with zero attached hydrogens (tertiary/aromatic N) is 4. The Hall–Kier alpha value is -2.52. The Kier molecular flexibility index (Phi) is 5.79. The number of nitrogens with two attached hydrogens (primary N) is 1. The second-order valence-corrected chi connectivity index (χ2v) is 6.91.